The predicted molar refractivity (Wildman–Crippen MR) is 211 cm³/mol. The number of nitrogens with one attached hydrogen (secondary N) is 1. The molecule has 1 aromatic rings. The normalized spacial score (nSPS) is 42.5. The summed E-state index contributed by atoms with van der Waals surface area (Å²) in [7, 11) is 0. The van der Waals surface area contributed by atoms with Crippen molar-refractivity contribution < 1.29 is 24.5 Å². The second kappa shape index (κ2) is 13.4. The van der Waals surface area contributed by atoms with Gasteiger partial charge in [-0.25, -0.2) is 0 Å². The van der Waals surface area contributed by atoms with E-state index in [9.17, 15) is 19.8 Å². The third-order valence-electron chi connectivity index (χ3n) is 17.9. The number of carboxylic acid groups (broad SMARTS) is 1. The molecule has 0 spiro atoms. The Morgan fingerprint density at radius 2 is 1.57 bits per heavy atom. The lowest BCUT2D eigenvalue weighted by Crippen LogP contribution is -2.66. The Balaban J connectivity index is 1.11. The van der Waals surface area contributed by atoms with Crippen LogP contribution in [0.15, 0.2) is 35.4 Å². The summed E-state index contributed by atoms with van der Waals surface area (Å²) in [6, 6.07) is 8.13. The number of halogens is 1. The van der Waals surface area contributed by atoms with Crippen molar-refractivity contribution in [2.75, 3.05) is 6.54 Å². The van der Waals surface area contributed by atoms with Crippen LogP contribution in [0.3, 0.4) is 0 Å². The largest absolute Gasteiger partial charge is 0.481 e. The summed E-state index contributed by atoms with van der Waals surface area (Å²) in [5.74, 6) is 0.0320. The van der Waals surface area contributed by atoms with Gasteiger partial charge in [-0.15, -0.1) is 0 Å². The third-order valence-corrected chi connectivity index (χ3v) is 18.1. The number of benzene rings is 1. The number of hydrogen-bond donors (Lipinski definition) is 3. The van der Waals surface area contributed by atoms with Crippen LogP contribution in [0.5, 0.6) is 0 Å². The number of carboxylic acids is 1. The van der Waals surface area contributed by atoms with Gasteiger partial charge in [-0.1, -0.05) is 91.6 Å². The van der Waals surface area contributed by atoms with E-state index in [4.69, 9.17) is 16.3 Å². The Morgan fingerprint density at radius 1 is 0.868 bits per heavy atom. The van der Waals surface area contributed by atoms with Gasteiger partial charge in [-0.3, -0.25) is 9.59 Å². The summed E-state index contributed by atoms with van der Waals surface area (Å²) in [6.07, 6.45) is 10.9. The van der Waals surface area contributed by atoms with Crippen LogP contribution >= 0.6 is 11.6 Å². The topological polar surface area (TPSA) is 95.9 Å². The zero-order chi connectivity index (χ0) is 38.5. The maximum absolute atomic E-state index is 13.6. The molecule has 7 heteroatoms. The maximum atomic E-state index is 13.6. The van der Waals surface area contributed by atoms with Crippen molar-refractivity contribution in [3.8, 4) is 0 Å². The summed E-state index contributed by atoms with van der Waals surface area (Å²) in [5.41, 5.74) is 4.07. The minimum Gasteiger partial charge on any atom is -0.481 e. The van der Waals surface area contributed by atoms with Gasteiger partial charge in [0.1, 0.15) is 6.10 Å². The minimum absolute atomic E-state index is 0.0594. The van der Waals surface area contributed by atoms with E-state index in [1.54, 1.807) is 5.57 Å². The number of rotatable bonds is 9. The third kappa shape index (κ3) is 5.91. The molecular formula is C46H68ClNO5. The Labute approximate surface area is 324 Å². The van der Waals surface area contributed by atoms with Crippen molar-refractivity contribution in [1.29, 1.82) is 0 Å². The quantitative estimate of drug-likeness (QED) is 0.132. The van der Waals surface area contributed by atoms with Crippen LogP contribution in [0.4, 0.5) is 0 Å². The number of hydrogen-bond acceptors (Lipinski definition) is 5. The molecule has 11 atom stereocenters. The summed E-state index contributed by atoms with van der Waals surface area (Å²) in [4.78, 5) is 25.4. The lowest BCUT2D eigenvalue weighted by atomic mass is 9.33. The molecule has 0 saturated heterocycles. The van der Waals surface area contributed by atoms with Crippen LogP contribution in [0.1, 0.15) is 139 Å². The van der Waals surface area contributed by atoms with E-state index < -0.39 is 17.3 Å². The number of carbonyl (C=O) groups is 2. The molecule has 6 aliphatic carbocycles. The molecule has 6 nitrogen and oxygen atoms in total. The van der Waals surface area contributed by atoms with Crippen molar-refractivity contribution in [3.63, 3.8) is 0 Å². The zero-order valence-corrected chi connectivity index (χ0v) is 34.9. The highest BCUT2D eigenvalue weighted by Crippen LogP contribution is 2.77. The second-order valence-electron chi connectivity index (χ2n) is 21.0. The lowest BCUT2D eigenvalue weighted by Gasteiger charge is -2.72. The highest BCUT2D eigenvalue weighted by Gasteiger charge is 2.70. The monoisotopic (exact) mass is 749 g/mol. The van der Waals surface area contributed by atoms with Gasteiger partial charge >= 0.3 is 11.9 Å². The Hall–Kier alpha value is -1.89. The van der Waals surface area contributed by atoms with Crippen LogP contribution in [-0.4, -0.2) is 40.9 Å². The molecule has 1 aromatic carbocycles. The average molecular weight is 751 g/mol. The molecule has 53 heavy (non-hydrogen) atoms. The first kappa shape index (κ1) is 39.3. The second-order valence-corrected chi connectivity index (χ2v) is 21.4. The Morgan fingerprint density at radius 3 is 2.21 bits per heavy atom. The number of esters is 1. The molecule has 294 valence electrons. The smallest absolute Gasteiger partial charge is 0.309 e. The van der Waals surface area contributed by atoms with Crippen molar-refractivity contribution in [3.05, 3.63) is 46.0 Å². The summed E-state index contributed by atoms with van der Waals surface area (Å²) in [6.45, 7) is 22.8. The van der Waals surface area contributed by atoms with Crippen LogP contribution in [0.25, 0.3) is 0 Å². The fourth-order valence-electron chi connectivity index (χ4n) is 14.6. The van der Waals surface area contributed by atoms with Crippen LogP contribution in [0.2, 0.25) is 5.02 Å². The van der Waals surface area contributed by atoms with Crippen LogP contribution in [0, 0.1) is 68.0 Å². The van der Waals surface area contributed by atoms with Gasteiger partial charge in [0.15, 0.2) is 0 Å². The molecule has 6 aliphatic rings. The molecule has 5 saturated carbocycles. The number of fused-ring (bicyclic) bond motifs is 7. The number of aliphatic hydroxyl groups excluding tert-OH is 1. The molecule has 0 bridgehead atoms. The van der Waals surface area contributed by atoms with Crippen molar-refractivity contribution >= 4 is 23.5 Å². The molecule has 0 aromatic heterocycles. The summed E-state index contributed by atoms with van der Waals surface area (Å²) < 4.78 is 6.44. The van der Waals surface area contributed by atoms with Gasteiger partial charge in [0.2, 0.25) is 0 Å². The molecule has 0 amide bonds. The molecule has 0 aliphatic heterocycles. The minimum atomic E-state index is -0.812. The standard InChI is InChI=1S/C46H68ClNO5/c1-27(2)37-33(49)25-46(22-23-48-26-28-10-12-29(47)13-11-28)21-20-44(8)30(38(37)46)14-15-35-43(7)18-17-36(42(5,6)34(43)16-19-45(35,44)9)53-40(52)32-24-31(39(50)51)41(32,3)4/h10-13,27,30-36,48-49H,14-26H2,1-9H3,(H,50,51)/t30-,31+,32-,33?,34+,35-,36+,43+,44-,45-,46-/m1/s1. The van der Waals surface area contributed by atoms with E-state index in [2.05, 4.69) is 65.9 Å². The highest BCUT2D eigenvalue weighted by molar-refractivity contribution is 6.30. The number of allylic oxidation sites excluding steroid dienone is 1. The highest BCUT2D eigenvalue weighted by atomic mass is 35.5. The molecule has 0 heterocycles. The van der Waals surface area contributed by atoms with Gasteiger partial charge in [0.25, 0.3) is 0 Å². The first-order chi connectivity index (χ1) is 24.7. The molecule has 3 N–H and O–H groups in total. The van der Waals surface area contributed by atoms with Gasteiger partial charge in [0, 0.05) is 17.0 Å². The number of aliphatic hydroxyl groups is 1. The van der Waals surface area contributed by atoms with E-state index >= 15 is 0 Å². The fourth-order valence-corrected chi connectivity index (χ4v) is 14.7. The first-order valence-electron chi connectivity index (χ1n) is 21.0. The van der Waals surface area contributed by atoms with Gasteiger partial charge in [0.05, 0.1) is 17.9 Å². The van der Waals surface area contributed by atoms with Crippen molar-refractivity contribution in [1.82, 2.24) is 5.32 Å². The lowest BCUT2D eigenvalue weighted by molar-refractivity contribution is -0.236. The maximum Gasteiger partial charge on any atom is 0.309 e. The Bertz CT molecular complexity index is 1630. The number of aliphatic carboxylic acids is 1. The number of carbonyl (C=O) groups excluding carboxylic acids is 1. The molecular weight excluding hydrogens is 682 g/mol. The Kier molecular flexibility index (Phi) is 9.92. The summed E-state index contributed by atoms with van der Waals surface area (Å²) in [5, 5.41) is 26.0. The van der Waals surface area contributed by atoms with E-state index in [-0.39, 0.29) is 51.2 Å². The van der Waals surface area contributed by atoms with Gasteiger partial charge < -0.3 is 20.3 Å². The average Bonchev–Trinajstić information content (AvgIpc) is 3.37. The van der Waals surface area contributed by atoms with Crippen molar-refractivity contribution in [2.24, 2.45) is 68.0 Å². The van der Waals surface area contributed by atoms with E-state index in [0.29, 0.717) is 30.1 Å². The van der Waals surface area contributed by atoms with Crippen LogP contribution < -0.4 is 5.32 Å². The molecule has 0 radical (unpaired) electrons. The van der Waals surface area contributed by atoms with E-state index in [1.807, 2.05) is 26.0 Å². The fraction of sp³-hybridized carbons (Fsp3) is 0.783. The molecule has 1 unspecified atom stereocenters. The van der Waals surface area contributed by atoms with Gasteiger partial charge in [-0.2, -0.15) is 0 Å². The SMILES string of the molecule is CC(C)C1=C2[C@H]3CC[C@@H]4[C@@]5(C)CC[C@H](OC(=O)[C@H]6C[C@@H](C(=O)O)C6(C)C)C(C)(C)[C@@H]5CC[C@@]4(C)[C@]3(C)CC[C@@]2(CCNCc2ccc(Cl)cc2)CC1O. The van der Waals surface area contributed by atoms with Crippen LogP contribution in [-0.2, 0) is 20.9 Å². The predicted octanol–water partition coefficient (Wildman–Crippen LogP) is 10.3. The van der Waals surface area contributed by atoms with E-state index in [1.165, 1.54) is 36.8 Å². The number of ether oxygens (including phenoxy) is 1. The van der Waals surface area contributed by atoms with Crippen molar-refractivity contribution in [2.45, 2.75) is 152 Å². The summed E-state index contributed by atoms with van der Waals surface area (Å²) >= 11 is 6.14. The molecule has 5 fully saturated rings. The zero-order valence-electron chi connectivity index (χ0n) is 34.1. The first-order valence-corrected chi connectivity index (χ1v) is 21.4. The molecule has 7 rings (SSSR count). The van der Waals surface area contributed by atoms with E-state index in [0.717, 1.165) is 56.6 Å². The van der Waals surface area contributed by atoms with Gasteiger partial charge in [-0.05, 0) is 151 Å².